The number of halogens is 1. The number of hydrogen-bond acceptors (Lipinski definition) is 6. The van der Waals surface area contributed by atoms with E-state index in [1.165, 1.54) is 22.5 Å². The molecule has 0 aliphatic heterocycles. The predicted octanol–water partition coefficient (Wildman–Crippen LogP) is 0.956. The fraction of sp³-hybridized carbons (Fsp3) is 0.154. The summed E-state index contributed by atoms with van der Waals surface area (Å²) in [4.78, 5) is 27.8. The third kappa shape index (κ3) is 3.16. The van der Waals surface area contributed by atoms with Gasteiger partial charge in [-0.25, -0.2) is 9.50 Å². The van der Waals surface area contributed by atoms with Crippen LogP contribution in [0.3, 0.4) is 0 Å². The lowest BCUT2D eigenvalue weighted by Gasteiger charge is -2.01. The van der Waals surface area contributed by atoms with Crippen molar-refractivity contribution >= 4 is 45.8 Å². The Balaban J connectivity index is 1.81. The quantitative estimate of drug-likeness (QED) is 0.493. The van der Waals surface area contributed by atoms with Crippen LogP contribution in [0.2, 0.25) is 0 Å². The van der Waals surface area contributed by atoms with Gasteiger partial charge in [0.15, 0.2) is 5.65 Å². The minimum atomic E-state index is -0.423. The van der Waals surface area contributed by atoms with Gasteiger partial charge in [0.2, 0.25) is 0 Å². The first-order chi connectivity index (χ1) is 11.1. The number of hydrogen-bond donors (Lipinski definition) is 1. The van der Waals surface area contributed by atoms with Gasteiger partial charge in [0.1, 0.15) is 15.8 Å². The highest BCUT2D eigenvalue weighted by atomic mass is 127. The molecule has 0 saturated heterocycles. The highest BCUT2D eigenvalue weighted by molar-refractivity contribution is 14.1. The zero-order valence-corrected chi connectivity index (χ0v) is 14.1. The molecule has 3 heterocycles. The molecule has 0 spiro atoms. The van der Waals surface area contributed by atoms with Gasteiger partial charge in [-0.05, 0) is 28.7 Å². The summed E-state index contributed by atoms with van der Waals surface area (Å²) in [5, 5.41) is 11.0. The molecule has 0 radical (unpaired) electrons. The van der Waals surface area contributed by atoms with Gasteiger partial charge in [-0.1, -0.05) is 0 Å². The van der Waals surface area contributed by atoms with E-state index >= 15 is 0 Å². The topological polar surface area (TPSA) is 103 Å². The molecule has 0 fully saturated rings. The number of nitrogens with zero attached hydrogens (tertiary/aromatic N) is 5. The van der Waals surface area contributed by atoms with Gasteiger partial charge in [0, 0.05) is 12.4 Å². The molecule has 0 aromatic carbocycles. The van der Waals surface area contributed by atoms with E-state index in [1.807, 2.05) is 22.6 Å². The Bertz CT molecular complexity index is 887. The van der Waals surface area contributed by atoms with Gasteiger partial charge < -0.3 is 10.1 Å². The van der Waals surface area contributed by atoms with Crippen LogP contribution in [0.5, 0.6) is 0 Å². The van der Waals surface area contributed by atoms with E-state index in [1.54, 1.807) is 24.7 Å². The highest BCUT2D eigenvalue weighted by Gasteiger charge is 2.17. The van der Waals surface area contributed by atoms with Crippen LogP contribution in [0, 0.1) is 3.70 Å². The van der Waals surface area contributed by atoms with Crippen molar-refractivity contribution in [3.8, 4) is 0 Å². The normalized spacial score (nSPS) is 10.7. The lowest BCUT2D eigenvalue weighted by Crippen LogP contribution is -2.13. The summed E-state index contributed by atoms with van der Waals surface area (Å²) >= 11 is 1.97. The third-order valence-corrected chi connectivity index (χ3v) is 3.80. The van der Waals surface area contributed by atoms with Gasteiger partial charge in [0.05, 0.1) is 25.2 Å². The molecule has 9 nitrogen and oxygen atoms in total. The average Bonchev–Trinajstić information content (AvgIpc) is 3.11. The predicted molar refractivity (Wildman–Crippen MR) is 87.9 cm³/mol. The lowest BCUT2D eigenvalue weighted by atomic mass is 10.3. The average molecular weight is 426 g/mol. The molecule has 3 rings (SSSR count). The van der Waals surface area contributed by atoms with Crippen LogP contribution in [0.4, 0.5) is 5.69 Å². The Kier molecular flexibility index (Phi) is 4.23. The summed E-state index contributed by atoms with van der Waals surface area (Å²) in [5.74, 6) is -0.775. The second-order valence-electron chi connectivity index (χ2n) is 4.51. The number of carbonyl (C=O) groups is 2. The molecule has 23 heavy (non-hydrogen) atoms. The van der Waals surface area contributed by atoms with Crippen LogP contribution in [0.15, 0.2) is 30.9 Å². The Morgan fingerprint density at radius 3 is 3.04 bits per heavy atom. The summed E-state index contributed by atoms with van der Waals surface area (Å²) in [6, 6.07) is 1.72. The number of fused-ring (bicyclic) bond motifs is 1. The van der Waals surface area contributed by atoms with E-state index in [0.717, 1.165) is 0 Å². The zero-order valence-electron chi connectivity index (χ0n) is 11.9. The number of amides is 1. The van der Waals surface area contributed by atoms with E-state index in [4.69, 9.17) is 0 Å². The Labute approximate surface area is 143 Å². The van der Waals surface area contributed by atoms with E-state index in [2.05, 4.69) is 25.2 Å². The summed E-state index contributed by atoms with van der Waals surface area (Å²) < 4.78 is 8.06. The molecular formula is C13H11IN6O3. The molecule has 0 aliphatic rings. The number of carbonyl (C=O) groups excluding carboxylic acids is 2. The molecule has 0 atom stereocenters. The standard InChI is InChI=1S/C13H11IN6O3/c1-23-10(21)7-19-6-9(11(14)18-19)17-13(22)8-5-16-20-4-2-3-15-12(8)20/h2-6H,7H2,1H3,(H,17,22). The fourth-order valence-corrected chi connectivity index (χ4v) is 2.49. The van der Waals surface area contributed by atoms with Crippen LogP contribution in [0.25, 0.3) is 5.65 Å². The molecular weight excluding hydrogens is 415 g/mol. The maximum atomic E-state index is 12.4. The minimum absolute atomic E-state index is 0.0271. The summed E-state index contributed by atoms with van der Waals surface area (Å²) in [6.45, 7) is -0.0271. The van der Waals surface area contributed by atoms with Crippen LogP contribution in [0.1, 0.15) is 10.4 Å². The van der Waals surface area contributed by atoms with Gasteiger partial charge in [0.25, 0.3) is 5.91 Å². The number of aromatic nitrogens is 5. The lowest BCUT2D eigenvalue weighted by molar-refractivity contribution is -0.141. The van der Waals surface area contributed by atoms with Crippen LogP contribution in [-0.4, -0.2) is 43.4 Å². The van der Waals surface area contributed by atoms with Crippen molar-refractivity contribution < 1.29 is 14.3 Å². The fourth-order valence-electron chi connectivity index (χ4n) is 1.94. The maximum Gasteiger partial charge on any atom is 0.327 e. The number of methoxy groups -OCH3 is 1. The number of esters is 1. The molecule has 118 valence electrons. The van der Waals surface area contributed by atoms with Crippen molar-refractivity contribution in [3.63, 3.8) is 0 Å². The van der Waals surface area contributed by atoms with Crippen LogP contribution >= 0.6 is 22.6 Å². The van der Waals surface area contributed by atoms with Crippen molar-refractivity contribution in [2.24, 2.45) is 0 Å². The SMILES string of the molecule is COC(=O)Cn1cc(NC(=O)c2cnn3cccnc23)c(I)n1. The Morgan fingerprint density at radius 2 is 2.26 bits per heavy atom. The van der Waals surface area contributed by atoms with Crippen molar-refractivity contribution in [3.05, 3.63) is 40.1 Å². The minimum Gasteiger partial charge on any atom is -0.468 e. The Hall–Kier alpha value is -2.50. The van der Waals surface area contributed by atoms with Crippen LogP contribution in [-0.2, 0) is 16.1 Å². The molecule has 10 heteroatoms. The monoisotopic (exact) mass is 426 g/mol. The van der Waals surface area contributed by atoms with Crippen molar-refractivity contribution in [1.82, 2.24) is 24.4 Å². The number of anilines is 1. The van der Waals surface area contributed by atoms with E-state index < -0.39 is 5.97 Å². The van der Waals surface area contributed by atoms with Crippen molar-refractivity contribution in [2.45, 2.75) is 6.54 Å². The summed E-state index contributed by atoms with van der Waals surface area (Å²) in [6.07, 6.45) is 6.31. The first-order valence-corrected chi connectivity index (χ1v) is 7.56. The number of ether oxygens (including phenoxy) is 1. The second kappa shape index (κ2) is 6.32. The molecule has 0 aliphatic carbocycles. The van der Waals surface area contributed by atoms with E-state index in [9.17, 15) is 9.59 Å². The number of rotatable bonds is 4. The molecule has 3 aromatic heterocycles. The maximum absolute atomic E-state index is 12.4. The number of nitrogens with one attached hydrogen (secondary N) is 1. The third-order valence-electron chi connectivity index (χ3n) is 3.01. The summed E-state index contributed by atoms with van der Waals surface area (Å²) in [5.41, 5.74) is 1.30. The highest BCUT2D eigenvalue weighted by Crippen LogP contribution is 2.18. The van der Waals surface area contributed by atoms with Gasteiger partial charge in [-0.15, -0.1) is 0 Å². The van der Waals surface area contributed by atoms with Gasteiger partial charge in [-0.3, -0.25) is 14.3 Å². The molecule has 3 aromatic rings. The summed E-state index contributed by atoms with van der Waals surface area (Å²) in [7, 11) is 1.30. The first-order valence-electron chi connectivity index (χ1n) is 6.48. The zero-order chi connectivity index (χ0) is 16.4. The molecule has 0 bridgehead atoms. The molecule has 0 unspecified atom stereocenters. The second-order valence-corrected chi connectivity index (χ2v) is 5.53. The van der Waals surface area contributed by atoms with Crippen LogP contribution < -0.4 is 5.32 Å². The van der Waals surface area contributed by atoms with Gasteiger partial charge in [-0.2, -0.15) is 10.2 Å². The van der Waals surface area contributed by atoms with Crippen molar-refractivity contribution in [2.75, 3.05) is 12.4 Å². The molecule has 1 N–H and O–H groups in total. The smallest absolute Gasteiger partial charge is 0.327 e. The molecule has 1 amide bonds. The first kappa shape index (κ1) is 15.4. The molecule has 0 saturated carbocycles. The largest absolute Gasteiger partial charge is 0.468 e. The van der Waals surface area contributed by atoms with E-state index in [0.29, 0.717) is 20.6 Å². The van der Waals surface area contributed by atoms with Crippen molar-refractivity contribution in [1.29, 1.82) is 0 Å². The van der Waals surface area contributed by atoms with E-state index in [-0.39, 0.29) is 12.5 Å². The Morgan fingerprint density at radius 1 is 1.43 bits per heavy atom. The van der Waals surface area contributed by atoms with Gasteiger partial charge >= 0.3 is 5.97 Å².